The highest BCUT2D eigenvalue weighted by molar-refractivity contribution is 5.73. The normalized spacial score (nSPS) is 16.6. The summed E-state index contributed by atoms with van der Waals surface area (Å²) in [4.78, 5) is 19.0. The van der Waals surface area contributed by atoms with Crippen LogP contribution in [0.3, 0.4) is 0 Å². The molecular formula is C34H36N2O4. The molecule has 0 atom stereocenters. The number of methoxy groups -OCH3 is 1. The summed E-state index contributed by atoms with van der Waals surface area (Å²) in [5.74, 6) is 1.01. The van der Waals surface area contributed by atoms with Gasteiger partial charge in [-0.3, -0.25) is 4.79 Å². The third-order valence-electron chi connectivity index (χ3n) is 7.65. The highest BCUT2D eigenvalue weighted by Gasteiger charge is 2.29. The molecule has 0 bridgehead atoms. The summed E-state index contributed by atoms with van der Waals surface area (Å²) in [6.45, 7) is 0.853. The van der Waals surface area contributed by atoms with Crippen LogP contribution in [0.5, 0.6) is 11.8 Å². The topological polar surface area (TPSA) is 60.9 Å². The first-order chi connectivity index (χ1) is 19.6. The van der Waals surface area contributed by atoms with Crippen molar-refractivity contribution in [1.29, 1.82) is 0 Å². The second-order valence-electron chi connectivity index (χ2n) is 10.2. The van der Waals surface area contributed by atoms with Crippen molar-refractivity contribution in [1.82, 2.24) is 4.98 Å². The predicted octanol–water partition coefficient (Wildman–Crippen LogP) is 7.07. The molecule has 0 aliphatic heterocycles. The summed E-state index contributed by atoms with van der Waals surface area (Å²) < 4.78 is 17.2. The van der Waals surface area contributed by atoms with E-state index in [1.807, 2.05) is 72.8 Å². The average Bonchev–Trinajstić information content (AvgIpc) is 3.03. The largest absolute Gasteiger partial charge is 0.473 e. The predicted molar refractivity (Wildman–Crippen MR) is 157 cm³/mol. The number of esters is 1. The van der Waals surface area contributed by atoms with Crippen molar-refractivity contribution in [3.8, 4) is 22.9 Å². The Hall–Kier alpha value is -4.32. The van der Waals surface area contributed by atoms with Gasteiger partial charge in [0.2, 0.25) is 11.8 Å². The number of benzene rings is 3. The Labute approximate surface area is 236 Å². The van der Waals surface area contributed by atoms with Crippen molar-refractivity contribution in [3.05, 3.63) is 108 Å². The fourth-order valence-corrected chi connectivity index (χ4v) is 5.24. The quantitative estimate of drug-likeness (QED) is 0.202. The molecule has 1 heterocycles. The number of pyridine rings is 1. The fourth-order valence-electron chi connectivity index (χ4n) is 5.24. The van der Waals surface area contributed by atoms with Crippen LogP contribution in [0, 0.1) is 5.92 Å². The van der Waals surface area contributed by atoms with Crippen LogP contribution in [0.2, 0.25) is 0 Å². The van der Waals surface area contributed by atoms with E-state index >= 15 is 0 Å². The van der Waals surface area contributed by atoms with E-state index in [9.17, 15) is 4.79 Å². The zero-order chi connectivity index (χ0) is 27.7. The van der Waals surface area contributed by atoms with Crippen LogP contribution in [0.1, 0.15) is 36.8 Å². The first kappa shape index (κ1) is 27.3. The van der Waals surface area contributed by atoms with Gasteiger partial charge in [-0.1, -0.05) is 72.8 Å². The summed E-state index contributed by atoms with van der Waals surface area (Å²) in [5, 5.41) is 0. The number of carbonyl (C=O) groups excluding carboxylic acids is 1. The number of aromatic nitrogens is 1. The molecule has 0 unspecified atom stereocenters. The number of ether oxygens (including phenoxy) is 3. The minimum Gasteiger partial charge on any atom is -0.473 e. The summed E-state index contributed by atoms with van der Waals surface area (Å²) in [7, 11) is 3.61. The summed E-state index contributed by atoms with van der Waals surface area (Å²) in [6, 6.07) is 33.0. The van der Waals surface area contributed by atoms with Gasteiger partial charge in [0.15, 0.2) is 0 Å². The van der Waals surface area contributed by atoms with Crippen LogP contribution in [-0.2, 0) is 22.7 Å². The number of carbonyl (C=O) groups is 1. The molecule has 4 aromatic rings. The number of nitrogens with zero attached hydrogens (tertiary/aromatic N) is 2. The second kappa shape index (κ2) is 13.2. The molecule has 0 spiro atoms. The van der Waals surface area contributed by atoms with Crippen molar-refractivity contribution in [2.45, 2.75) is 44.9 Å². The van der Waals surface area contributed by atoms with E-state index in [0.717, 1.165) is 53.6 Å². The van der Waals surface area contributed by atoms with Gasteiger partial charge < -0.3 is 19.1 Å². The second-order valence-corrected chi connectivity index (χ2v) is 10.2. The average molecular weight is 537 g/mol. The van der Waals surface area contributed by atoms with Crippen LogP contribution in [-0.4, -0.2) is 31.2 Å². The van der Waals surface area contributed by atoms with Crippen molar-refractivity contribution in [3.63, 3.8) is 0 Å². The molecule has 0 N–H and O–H groups in total. The van der Waals surface area contributed by atoms with Gasteiger partial charge in [-0.05, 0) is 60.6 Å². The molecule has 6 nitrogen and oxygen atoms in total. The molecule has 1 saturated carbocycles. The molecule has 1 aliphatic rings. The van der Waals surface area contributed by atoms with Crippen molar-refractivity contribution < 1.29 is 19.0 Å². The van der Waals surface area contributed by atoms with E-state index in [0.29, 0.717) is 31.0 Å². The highest BCUT2D eigenvalue weighted by Crippen LogP contribution is 2.34. The standard InChI is InChI=1S/C34H36N2O4/c1-36(30-19-15-28(16-20-30)34(37)38-2)29-17-13-27(14-18-29)31-21-22-32(39-23-25-9-5-3-6-10-25)35-33(31)40-24-26-11-7-4-8-12-26/h3-14,17-18,21-22,28,30H,15-16,19-20,23-24H2,1-2H3/t28-,30-. The lowest BCUT2D eigenvalue weighted by molar-refractivity contribution is -0.146. The zero-order valence-corrected chi connectivity index (χ0v) is 23.2. The van der Waals surface area contributed by atoms with Gasteiger partial charge >= 0.3 is 5.97 Å². The molecule has 0 radical (unpaired) electrons. The monoisotopic (exact) mass is 536 g/mol. The molecule has 0 saturated heterocycles. The first-order valence-electron chi connectivity index (χ1n) is 13.9. The van der Waals surface area contributed by atoms with Crippen molar-refractivity contribution in [2.24, 2.45) is 5.92 Å². The molecule has 1 aromatic heterocycles. The number of hydrogen-bond acceptors (Lipinski definition) is 6. The summed E-state index contributed by atoms with van der Waals surface area (Å²) in [6.07, 6.45) is 3.69. The Bertz CT molecular complexity index is 1370. The Balaban J connectivity index is 1.31. The van der Waals surface area contributed by atoms with Crippen LogP contribution in [0.25, 0.3) is 11.1 Å². The van der Waals surface area contributed by atoms with E-state index in [2.05, 4.69) is 36.2 Å². The van der Waals surface area contributed by atoms with Crippen LogP contribution < -0.4 is 14.4 Å². The lowest BCUT2D eigenvalue weighted by Gasteiger charge is -2.35. The van der Waals surface area contributed by atoms with Crippen LogP contribution in [0.4, 0.5) is 5.69 Å². The van der Waals surface area contributed by atoms with Gasteiger partial charge in [-0.2, -0.15) is 4.98 Å². The van der Waals surface area contributed by atoms with Crippen LogP contribution in [0.15, 0.2) is 97.1 Å². The van der Waals surface area contributed by atoms with E-state index in [-0.39, 0.29) is 11.9 Å². The van der Waals surface area contributed by atoms with E-state index < -0.39 is 0 Å². The highest BCUT2D eigenvalue weighted by atomic mass is 16.5. The molecule has 3 aromatic carbocycles. The van der Waals surface area contributed by atoms with Gasteiger partial charge in [-0.15, -0.1) is 0 Å². The lowest BCUT2D eigenvalue weighted by atomic mass is 9.85. The maximum absolute atomic E-state index is 11.9. The Morgan fingerprint density at radius 3 is 1.98 bits per heavy atom. The Morgan fingerprint density at radius 2 is 1.38 bits per heavy atom. The Morgan fingerprint density at radius 1 is 0.775 bits per heavy atom. The zero-order valence-electron chi connectivity index (χ0n) is 23.2. The number of hydrogen-bond donors (Lipinski definition) is 0. The number of rotatable bonds is 10. The molecule has 206 valence electrons. The van der Waals surface area contributed by atoms with Gasteiger partial charge in [0.25, 0.3) is 0 Å². The molecule has 1 fully saturated rings. The summed E-state index contributed by atoms with van der Waals surface area (Å²) >= 11 is 0. The minimum absolute atomic E-state index is 0.0264. The molecule has 5 rings (SSSR count). The molecule has 6 heteroatoms. The molecule has 40 heavy (non-hydrogen) atoms. The minimum atomic E-state index is -0.0826. The van der Waals surface area contributed by atoms with E-state index in [1.54, 1.807) is 0 Å². The molecular weight excluding hydrogens is 500 g/mol. The van der Waals surface area contributed by atoms with Gasteiger partial charge in [0.1, 0.15) is 13.2 Å². The van der Waals surface area contributed by atoms with Crippen molar-refractivity contribution in [2.75, 3.05) is 19.1 Å². The summed E-state index contributed by atoms with van der Waals surface area (Å²) in [5.41, 5.74) is 5.24. The number of anilines is 1. The SMILES string of the molecule is COC(=O)[C@H]1CC[C@H](N(C)c2ccc(-c3ccc(OCc4ccccc4)nc3OCc3ccccc3)cc2)CC1. The first-order valence-corrected chi connectivity index (χ1v) is 13.9. The van der Waals surface area contributed by atoms with Crippen LogP contribution >= 0.6 is 0 Å². The molecule has 0 amide bonds. The third-order valence-corrected chi connectivity index (χ3v) is 7.65. The van der Waals surface area contributed by atoms with E-state index in [4.69, 9.17) is 19.2 Å². The van der Waals surface area contributed by atoms with E-state index in [1.165, 1.54) is 7.11 Å². The van der Waals surface area contributed by atoms with Gasteiger partial charge in [-0.25, -0.2) is 0 Å². The molecule has 1 aliphatic carbocycles. The van der Waals surface area contributed by atoms with Gasteiger partial charge in [0, 0.05) is 30.4 Å². The van der Waals surface area contributed by atoms with Gasteiger partial charge in [0.05, 0.1) is 13.0 Å². The van der Waals surface area contributed by atoms with Crippen molar-refractivity contribution >= 4 is 11.7 Å². The maximum Gasteiger partial charge on any atom is 0.308 e. The third kappa shape index (κ3) is 6.81. The fraction of sp³-hybridized carbons (Fsp3) is 0.294. The maximum atomic E-state index is 11.9. The Kier molecular flexibility index (Phi) is 8.96. The smallest absolute Gasteiger partial charge is 0.308 e. The lowest BCUT2D eigenvalue weighted by Crippen LogP contribution is -2.36.